The molecule has 0 aliphatic carbocycles. The van der Waals surface area contributed by atoms with Crippen molar-refractivity contribution in [2.24, 2.45) is 5.73 Å². The molecule has 2 amide bonds. The fourth-order valence-electron chi connectivity index (χ4n) is 2.15. The fourth-order valence-corrected chi connectivity index (χ4v) is 2.15. The number of hydrogen-bond donors (Lipinski definition) is 3. The smallest absolute Gasteiger partial charge is 0.251 e. The van der Waals surface area contributed by atoms with Crippen molar-refractivity contribution in [2.75, 3.05) is 6.54 Å². The Balaban J connectivity index is 1.98. The third kappa shape index (κ3) is 3.71. The highest BCUT2D eigenvalue weighted by atomic mass is 16.3. The minimum absolute atomic E-state index is 0.112. The number of aliphatic hydroxyl groups is 1. The van der Waals surface area contributed by atoms with Crippen molar-refractivity contribution in [1.82, 2.24) is 5.32 Å². The summed E-state index contributed by atoms with van der Waals surface area (Å²) in [6.07, 6.45) is -0.768. The molecule has 22 heavy (non-hydrogen) atoms. The van der Waals surface area contributed by atoms with Gasteiger partial charge in [0.2, 0.25) is 5.91 Å². The van der Waals surface area contributed by atoms with Gasteiger partial charge in [0.25, 0.3) is 5.91 Å². The molecule has 114 valence electrons. The highest BCUT2D eigenvalue weighted by Gasteiger charge is 2.12. The minimum atomic E-state index is -0.768. The number of primary amides is 1. The molecule has 0 aliphatic heterocycles. The van der Waals surface area contributed by atoms with Gasteiger partial charge in [-0.3, -0.25) is 9.59 Å². The molecule has 5 heteroatoms. The van der Waals surface area contributed by atoms with Gasteiger partial charge in [0.05, 0.1) is 6.10 Å². The summed E-state index contributed by atoms with van der Waals surface area (Å²) in [5.41, 5.74) is 7.64. The average Bonchev–Trinajstić information content (AvgIpc) is 2.52. The van der Waals surface area contributed by atoms with Crippen molar-refractivity contribution >= 4 is 11.8 Å². The second-order valence-electron chi connectivity index (χ2n) is 5.02. The lowest BCUT2D eigenvalue weighted by Crippen LogP contribution is -2.28. The number of amides is 2. The fraction of sp³-hybridized carbons (Fsp3) is 0.176. The molecular formula is C17H18N2O3. The van der Waals surface area contributed by atoms with Crippen LogP contribution >= 0.6 is 0 Å². The molecule has 0 heterocycles. The maximum Gasteiger partial charge on any atom is 0.251 e. The van der Waals surface area contributed by atoms with Gasteiger partial charge in [0.1, 0.15) is 0 Å². The van der Waals surface area contributed by atoms with Crippen LogP contribution in [0.3, 0.4) is 0 Å². The lowest BCUT2D eigenvalue weighted by atomic mass is 10.0. The molecule has 2 aromatic carbocycles. The van der Waals surface area contributed by atoms with Gasteiger partial charge in [-0.15, -0.1) is 0 Å². The summed E-state index contributed by atoms with van der Waals surface area (Å²) in [6, 6.07) is 13.5. The Morgan fingerprint density at radius 2 is 1.68 bits per heavy atom. The van der Waals surface area contributed by atoms with Crippen LogP contribution in [0.4, 0.5) is 0 Å². The number of aryl methyl sites for hydroxylation is 1. The number of rotatable bonds is 5. The van der Waals surface area contributed by atoms with Crippen LogP contribution in [0, 0.1) is 6.92 Å². The molecule has 0 saturated carbocycles. The van der Waals surface area contributed by atoms with Crippen molar-refractivity contribution in [3.05, 3.63) is 70.8 Å². The number of nitrogens with two attached hydrogens (primary N) is 1. The Morgan fingerprint density at radius 1 is 1.09 bits per heavy atom. The summed E-state index contributed by atoms with van der Waals surface area (Å²) in [5, 5.41) is 12.8. The molecule has 5 nitrogen and oxygen atoms in total. The number of hydrogen-bond acceptors (Lipinski definition) is 3. The van der Waals surface area contributed by atoms with Crippen LogP contribution in [0.2, 0.25) is 0 Å². The molecule has 1 atom stereocenters. The lowest BCUT2D eigenvalue weighted by molar-refractivity contribution is 0.0914. The van der Waals surface area contributed by atoms with E-state index in [1.807, 2.05) is 31.2 Å². The third-order valence-corrected chi connectivity index (χ3v) is 3.44. The van der Waals surface area contributed by atoms with Gasteiger partial charge >= 0.3 is 0 Å². The van der Waals surface area contributed by atoms with Gasteiger partial charge in [-0.25, -0.2) is 0 Å². The quantitative estimate of drug-likeness (QED) is 0.782. The number of nitrogens with one attached hydrogen (secondary N) is 1. The third-order valence-electron chi connectivity index (χ3n) is 3.44. The van der Waals surface area contributed by atoms with Crippen molar-refractivity contribution in [3.63, 3.8) is 0 Å². The Morgan fingerprint density at radius 3 is 2.27 bits per heavy atom. The van der Waals surface area contributed by atoms with Crippen molar-refractivity contribution in [1.29, 1.82) is 0 Å². The molecule has 0 saturated heterocycles. The van der Waals surface area contributed by atoms with E-state index in [4.69, 9.17) is 5.73 Å². The van der Waals surface area contributed by atoms with E-state index >= 15 is 0 Å². The van der Waals surface area contributed by atoms with Crippen LogP contribution in [0.15, 0.2) is 48.5 Å². The van der Waals surface area contributed by atoms with Crippen LogP contribution in [-0.2, 0) is 0 Å². The zero-order chi connectivity index (χ0) is 16.1. The Kier molecular flexibility index (Phi) is 4.91. The molecule has 0 radical (unpaired) electrons. The minimum Gasteiger partial charge on any atom is -0.387 e. The maximum atomic E-state index is 12.0. The molecular weight excluding hydrogens is 280 g/mol. The average molecular weight is 298 g/mol. The first kappa shape index (κ1) is 15.7. The van der Waals surface area contributed by atoms with E-state index < -0.39 is 12.0 Å². The van der Waals surface area contributed by atoms with Gasteiger partial charge in [0, 0.05) is 17.7 Å². The van der Waals surface area contributed by atoms with E-state index in [0.29, 0.717) is 11.1 Å². The number of carbonyl (C=O) groups excluding carboxylic acids is 2. The van der Waals surface area contributed by atoms with E-state index in [0.717, 1.165) is 11.1 Å². The highest BCUT2D eigenvalue weighted by molar-refractivity contribution is 5.97. The molecule has 2 rings (SSSR count). The summed E-state index contributed by atoms with van der Waals surface area (Å²) >= 11 is 0. The largest absolute Gasteiger partial charge is 0.387 e. The topological polar surface area (TPSA) is 92.4 Å². The van der Waals surface area contributed by atoms with Gasteiger partial charge in [-0.2, -0.15) is 0 Å². The second-order valence-corrected chi connectivity index (χ2v) is 5.02. The normalized spacial score (nSPS) is 11.7. The van der Waals surface area contributed by atoms with Gasteiger partial charge in [-0.05, 0) is 42.3 Å². The summed E-state index contributed by atoms with van der Waals surface area (Å²) in [4.78, 5) is 23.0. The molecule has 1 unspecified atom stereocenters. The number of carbonyl (C=O) groups is 2. The molecule has 0 aliphatic rings. The molecule has 0 bridgehead atoms. The van der Waals surface area contributed by atoms with Gasteiger partial charge < -0.3 is 16.2 Å². The SMILES string of the molecule is Cc1ccccc1C(O)CNC(=O)c1ccc(C(N)=O)cc1. The predicted molar refractivity (Wildman–Crippen MR) is 83.4 cm³/mol. The first-order valence-corrected chi connectivity index (χ1v) is 6.90. The molecule has 0 spiro atoms. The molecule has 0 aromatic heterocycles. The molecule has 4 N–H and O–H groups in total. The lowest BCUT2D eigenvalue weighted by Gasteiger charge is -2.14. The summed E-state index contributed by atoms with van der Waals surface area (Å²) in [5.74, 6) is -0.856. The second kappa shape index (κ2) is 6.87. The van der Waals surface area contributed by atoms with Crippen LogP contribution < -0.4 is 11.1 Å². The van der Waals surface area contributed by atoms with Crippen LogP contribution in [-0.4, -0.2) is 23.5 Å². The Hall–Kier alpha value is -2.66. The van der Waals surface area contributed by atoms with E-state index in [9.17, 15) is 14.7 Å². The van der Waals surface area contributed by atoms with Crippen LogP contribution in [0.1, 0.15) is 37.9 Å². The highest BCUT2D eigenvalue weighted by Crippen LogP contribution is 2.16. The Labute approximate surface area is 128 Å². The van der Waals surface area contributed by atoms with E-state index in [1.54, 1.807) is 0 Å². The monoisotopic (exact) mass is 298 g/mol. The number of benzene rings is 2. The molecule has 0 fully saturated rings. The Bertz CT molecular complexity index is 681. The number of aliphatic hydroxyl groups excluding tert-OH is 1. The van der Waals surface area contributed by atoms with Gasteiger partial charge in [-0.1, -0.05) is 24.3 Å². The molecule has 2 aromatic rings. The van der Waals surface area contributed by atoms with E-state index in [2.05, 4.69) is 5.32 Å². The maximum absolute atomic E-state index is 12.0. The standard InChI is InChI=1S/C17H18N2O3/c1-11-4-2-3-5-14(11)15(20)10-19-17(22)13-8-6-12(7-9-13)16(18)21/h2-9,15,20H,10H2,1H3,(H2,18,21)(H,19,22). The first-order chi connectivity index (χ1) is 10.5. The van der Waals surface area contributed by atoms with Crippen molar-refractivity contribution in [2.45, 2.75) is 13.0 Å². The van der Waals surface area contributed by atoms with Crippen LogP contribution in [0.25, 0.3) is 0 Å². The summed E-state index contributed by atoms with van der Waals surface area (Å²) in [6.45, 7) is 2.02. The predicted octanol–water partition coefficient (Wildman–Crippen LogP) is 1.56. The summed E-state index contributed by atoms with van der Waals surface area (Å²) < 4.78 is 0. The van der Waals surface area contributed by atoms with Crippen LogP contribution in [0.5, 0.6) is 0 Å². The van der Waals surface area contributed by atoms with Crippen molar-refractivity contribution in [3.8, 4) is 0 Å². The van der Waals surface area contributed by atoms with Crippen molar-refractivity contribution < 1.29 is 14.7 Å². The zero-order valence-corrected chi connectivity index (χ0v) is 12.2. The zero-order valence-electron chi connectivity index (χ0n) is 12.2. The first-order valence-electron chi connectivity index (χ1n) is 6.90. The summed E-state index contributed by atoms with van der Waals surface area (Å²) in [7, 11) is 0. The van der Waals surface area contributed by atoms with E-state index in [1.165, 1.54) is 24.3 Å². The van der Waals surface area contributed by atoms with Gasteiger partial charge in [0.15, 0.2) is 0 Å². The van der Waals surface area contributed by atoms with E-state index in [-0.39, 0.29) is 12.5 Å².